The van der Waals surface area contributed by atoms with Crippen molar-refractivity contribution in [1.29, 1.82) is 0 Å². The van der Waals surface area contributed by atoms with E-state index in [1.54, 1.807) is 0 Å². The third-order valence-corrected chi connectivity index (χ3v) is 3.95. The van der Waals surface area contributed by atoms with Gasteiger partial charge in [-0.25, -0.2) is 9.78 Å². The van der Waals surface area contributed by atoms with Gasteiger partial charge < -0.3 is 10.1 Å². The highest BCUT2D eigenvalue weighted by Gasteiger charge is 2.23. The number of aryl methyl sites for hydroxylation is 1. The van der Waals surface area contributed by atoms with E-state index in [4.69, 9.17) is 4.74 Å². The van der Waals surface area contributed by atoms with Gasteiger partial charge in [0.15, 0.2) is 0 Å². The number of rotatable bonds is 2. The SMILES string of the molecule is Cc1csc2c(=O)n(CC3CNC(=O)O3)cnc12. The van der Waals surface area contributed by atoms with Crippen molar-refractivity contribution in [3.8, 4) is 0 Å². The van der Waals surface area contributed by atoms with Gasteiger partial charge in [0.25, 0.3) is 5.56 Å². The minimum Gasteiger partial charge on any atom is -0.442 e. The van der Waals surface area contributed by atoms with Gasteiger partial charge in [-0.1, -0.05) is 0 Å². The predicted octanol–water partition coefficient (Wildman–Crippen LogP) is 0.875. The Morgan fingerprint density at radius 3 is 3.17 bits per heavy atom. The van der Waals surface area contributed by atoms with E-state index >= 15 is 0 Å². The van der Waals surface area contributed by atoms with Crippen LogP contribution in [-0.2, 0) is 11.3 Å². The molecule has 7 heteroatoms. The first kappa shape index (κ1) is 11.2. The van der Waals surface area contributed by atoms with Gasteiger partial charge >= 0.3 is 6.09 Å². The zero-order chi connectivity index (χ0) is 12.7. The molecule has 0 radical (unpaired) electrons. The number of aromatic nitrogens is 2. The third-order valence-electron chi connectivity index (χ3n) is 2.87. The molecule has 0 aromatic carbocycles. The zero-order valence-electron chi connectivity index (χ0n) is 9.67. The maximum absolute atomic E-state index is 12.2. The summed E-state index contributed by atoms with van der Waals surface area (Å²) in [6, 6.07) is 0. The molecule has 2 aromatic heterocycles. The molecule has 94 valence electrons. The molecule has 0 spiro atoms. The Labute approximate surface area is 106 Å². The number of carbonyl (C=O) groups is 1. The summed E-state index contributed by atoms with van der Waals surface area (Å²) in [6.07, 6.45) is 0.765. The maximum Gasteiger partial charge on any atom is 0.407 e. The Kier molecular flexibility index (Phi) is 2.55. The highest BCUT2D eigenvalue weighted by molar-refractivity contribution is 7.17. The van der Waals surface area contributed by atoms with Crippen LogP contribution in [0.1, 0.15) is 5.56 Å². The molecule has 0 aliphatic carbocycles. The van der Waals surface area contributed by atoms with Gasteiger partial charge in [0.1, 0.15) is 10.8 Å². The molecule has 1 amide bonds. The van der Waals surface area contributed by atoms with Crippen molar-refractivity contribution < 1.29 is 9.53 Å². The minimum absolute atomic E-state index is 0.0824. The summed E-state index contributed by atoms with van der Waals surface area (Å²) in [5.41, 5.74) is 1.68. The summed E-state index contributed by atoms with van der Waals surface area (Å²) in [7, 11) is 0. The Morgan fingerprint density at radius 1 is 1.61 bits per heavy atom. The lowest BCUT2D eigenvalue weighted by molar-refractivity contribution is 0.130. The molecule has 1 aliphatic rings. The van der Waals surface area contributed by atoms with Crippen molar-refractivity contribution in [2.45, 2.75) is 19.6 Å². The second kappa shape index (κ2) is 4.09. The standard InChI is InChI=1S/C11H11N3O3S/c1-6-4-18-9-8(6)13-5-14(10(9)15)3-7-2-12-11(16)17-7/h4-5,7H,2-3H2,1H3,(H,12,16). The molecule has 6 nitrogen and oxygen atoms in total. The number of cyclic esters (lactones) is 1. The molecule has 1 atom stereocenters. The molecule has 0 saturated carbocycles. The number of ether oxygens (including phenoxy) is 1. The molecule has 1 fully saturated rings. The quantitative estimate of drug-likeness (QED) is 0.874. The van der Waals surface area contributed by atoms with Crippen LogP contribution in [0.25, 0.3) is 10.2 Å². The predicted molar refractivity (Wildman–Crippen MR) is 66.9 cm³/mol. The van der Waals surface area contributed by atoms with Crippen molar-refractivity contribution in [1.82, 2.24) is 14.9 Å². The Hall–Kier alpha value is -1.89. The first-order valence-corrected chi connectivity index (χ1v) is 6.41. The summed E-state index contributed by atoms with van der Waals surface area (Å²) >= 11 is 1.39. The molecule has 2 aromatic rings. The Balaban J connectivity index is 1.95. The molecule has 1 saturated heterocycles. The van der Waals surface area contributed by atoms with E-state index in [1.807, 2.05) is 12.3 Å². The van der Waals surface area contributed by atoms with Crippen molar-refractivity contribution in [2.24, 2.45) is 0 Å². The van der Waals surface area contributed by atoms with E-state index in [2.05, 4.69) is 10.3 Å². The highest BCUT2D eigenvalue weighted by Crippen LogP contribution is 2.19. The number of carbonyl (C=O) groups excluding carboxylic acids is 1. The molecule has 3 heterocycles. The van der Waals surface area contributed by atoms with Gasteiger partial charge in [-0.15, -0.1) is 11.3 Å². The third kappa shape index (κ3) is 1.76. The second-order valence-corrected chi connectivity index (χ2v) is 5.09. The normalized spacial score (nSPS) is 18.9. The zero-order valence-corrected chi connectivity index (χ0v) is 10.5. The second-order valence-electron chi connectivity index (χ2n) is 4.21. The van der Waals surface area contributed by atoms with Crippen molar-refractivity contribution in [2.75, 3.05) is 6.54 Å². The number of thiophene rings is 1. The largest absolute Gasteiger partial charge is 0.442 e. The number of nitrogens with one attached hydrogen (secondary N) is 1. The molecular formula is C11H11N3O3S. The van der Waals surface area contributed by atoms with Crippen LogP contribution in [0.3, 0.4) is 0 Å². The Bertz CT molecular complexity index is 676. The average Bonchev–Trinajstić information content (AvgIpc) is 2.91. The summed E-state index contributed by atoms with van der Waals surface area (Å²) in [6.45, 7) is 2.68. The lowest BCUT2D eigenvalue weighted by atomic mass is 10.3. The first-order valence-electron chi connectivity index (χ1n) is 5.53. The number of hydrogen-bond donors (Lipinski definition) is 1. The van der Waals surface area contributed by atoms with Gasteiger partial charge in [0, 0.05) is 0 Å². The van der Waals surface area contributed by atoms with Crippen LogP contribution in [-0.4, -0.2) is 28.3 Å². The fourth-order valence-corrected chi connectivity index (χ4v) is 2.89. The number of fused-ring (bicyclic) bond motifs is 1. The maximum atomic E-state index is 12.2. The molecule has 1 N–H and O–H groups in total. The molecule has 1 unspecified atom stereocenters. The van der Waals surface area contributed by atoms with E-state index < -0.39 is 6.09 Å². The van der Waals surface area contributed by atoms with Crippen molar-refractivity contribution in [3.63, 3.8) is 0 Å². The molecular weight excluding hydrogens is 254 g/mol. The monoisotopic (exact) mass is 265 g/mol. The van der Waals surface area contributed by atoms with E-state index in [0.29, 0.717) is 17.8 Å². The molecule has 0 bridgehead atoms. The topological polar surface area (TPSA) is 73.2 Å². The fraction of sp³-hybridized carbons (Fsp3) is 0.364. The lowest BCUT2D eigenvalue weighted by Crippen LogP contribution is -2.28. The van der Waals surface area contributed by atoms with E-state index in [0.717, 1.165) is 11.1 Å². The van der Waals surface area contributed by atoms with Crippen LogP contribution < -0.4 is 10.9 Å². The summed E-state index contributed by atoms with van der Waals surface area (Å²) in [4.78, 5) is 27.4. The van der Waals surface area contributed by atoms with Crippen molar-refractivity contribution in [3.05, 3.63) is 27.6 Å². The summed E-state index contributed by atoms with van der Waals surface area (Å²) in [5.74, 6) is 0. The van der Waals surface area contributed by atoms with Gasteiger partial charge in [0.2, 0.25) is 0 Å². The fourth-order valence-electron chi connectivity index (χ4n) is 1.94. The Morgan fingerprint density at radius 2 is 2.44 bits per heavy atom. The molecule has 1 aliphatic heterocycles. The lowest BCUT2D eigenvalue weighted by Gasteiger charge is -2.09. The number of alkyl carbamates (subject to hydrolysis) is 1. The van der Waals surface area contributed by atoms with Gasteiger partial charge in [-0.3, -0.25) is 9.36 Å². The van der Waals surface area contributed by atoms with Crippen molar-refractivity contribution >= 4 is 27.6 Å². The molecule has 18 heavy (non-hydrogen) atoms. The number of nitrogens with zero attached hydrogens (tertiary/aromatic N) is 2. The van der Waals surface area contributed by atoms with Crippen LogP contribution in [0.5, 0.6) is 0 Å². The van der Waals surface area contributed by atoms with E-state index in [1.165, 1.54) is 22.2 Å². The van der Waals surface area contributed by atoms with Crippen LogP contribution in [0, 0.1) is 6.92 Å². The summed E-state index contributed by atoms with van der Waals surface area (Å²) in [5, 5.41) is 4.47. The van der Waals surface area contributed by atoms with Crippen LogP contribution in [0.4, 0.5) is 4.79 Å². The smallest absolute Gasteiger partial charge is 0.407 e. The number of amides is 1. The van der Waals surface area contributed by atoms with E-state index in [-0.39, 0.29) is 11.7 Å². The average molecular weight is 265 g/mol. The van der Waals surface area contributed by atoms with Crippen LogP contribution in [0.15, 0.2) is 16.5 Å². The van der Waals surface area contributed by atoms with Gasteiger partial charge in [-0.05, 0) is 17.9 Å². The number of hydrogen-bond acceptors (Lipinski definition) is 5. The molecule has 3 rings (SSSR count). The first-order chi connectivity index (χ1) is 8.65. The van der Waals surface area contributed by atoms with Crippen LogP contribution >= 0.6 is 11.3 Å². The van der Waals surface area contributed by atoms with Gasteiger partial charge in [-0.2, -0.15) is 0 Å². The van der Waals surface area contributed by atoms with Crippen LogP contribution in [0.2, 0.25) is 0 Å². The highest BCUT2D eigenvalue weighted by atomic mass is 32.1. The minimum atomic E-state index is -0.436. The summed E-state index contributed by atoms with van der Waals surface area (Å²) < 4.78 is 7.14. The van der Waals surface area contributed by atoms with Gasteiger partial charge in [0.05, 0.1) is 24.9 Å². The van der Waals surface area contributed by atoms with E-state index in [9.17, 15) is 9.59 Å².